The number of hydrogen-bond donors (Lipinski definition) is 0. The summed E-state index contributed by atoms with van der Waals surface area (Å²) in [6, 6.07) is 5.29. The standard InChI is InChI=1S/C12H14N2O4/c1-13(7-11(15)17-3)8-4-5-10-9(6-8)14(2)12(16)18-10/h4-6H,7H2,1-3H3. The van der Waals surface area contributed by atoms with Crippen LogP contribution in [0.5, 0.6) is 0 Å². The Labute approximate surface area is 103 Å². The smallest absolute Gasteiger partial charge is 0.419 e. The van der Waals surface area contributed by atoms with E-state index in [-0.39, 0.29) is 12.5 Å². The van der Waals surface area contributed by atoms with Crippen LogP contribution in [0.1, 0.15) is 0 Å². The Bertz CT molecular complexity index is 641. The van der Waals surface area contributed by atoms with E-state index in [0.717, 1.165) is 5.69 Å². The van der Waals surface area contributed by atoms with Crippen LogP contribution in [0.25, 0.3) is 11.1 Å². The Morgan fingerprint density at radius 3 is 2.89 bits per heavy atom. The van der Waals surface area contributed by atoms with Crippen molar-refractivity contribution in [3.8, 4) is 0 Å². The van der Waals surface area contributed by atoms with Gasteiger partial charge in [-0.3, -0.25) is 9.36 Å². The van der Waals surface area contributed by atoms with Gasteiger partial charge in [-0.1, -0.05) is 0 Å². The zero-order valence-corrected chi connectivity index (χ0v) is 10.5. The van der Waals surface area contributed by atoms with Crippen LogP contribution in [-0.2, 0) is 16.6 Å². The first kappa shape index (κ1) is 12.2. The fourth-order valence-electron chi connectivity index (χ4n) is 1.70. The van der Waals surface area contributed by atoms with Crippen molar-refractivity contribution < 1.29 is 13.9 Å². The number of fused-ring (bicyclic) bond motifs is 1. The van der Waals surface area contributed by atoms with Gasteiger partial charge < -0.3 is 14.1 Å². The predicted molar refractivity (Wildman–Crippen MR) is 66.7 cm³/mol. The van der Waals surface area contributed by atoms with Crippen LogP contribution in [0.4, 0.5) is 5.69 Å². The first-order chi connectivity index (χ1) is 8.52. The number of oxazole rings is 1. The molecule has 0 spiro atoms. The van der Waals surface area contributed by atoms with Gasteiger partial charge in [0.05, 0.1) is 12.6 Å². The fraction of sp³-hybridized carbons (Fsp3) is 0.333. The van der Waals surface area contributed by atoms with Crippen molar-refractivity contribution in [1.29, 1.82) is 0 Å². The predicted octanol–water partition coefficient (Wildman–Crippen LogP) is 0.741. The zero-order valence-electron chi connectivity index (χ0n) is 10.5. The lowest BCUT2D eigenvalue weighted by atomic mass is 10.2. The second-order valence-corrected chi connectivity index (χ2v) is 4.01. The molecule has 6 nitrogen and oxygen atoms in total. The van der Waals surface area contributed by atoms with Gasteiger partial charge in [0.1, 0.15) is 6.54 Å². The highest BCUT2D eigenvalue weighted by Crippen LogP contribution is 2.20. The molecule has 18 heavy (non-hydrogen) atoms. The number of ether oxygens (including phenoxy) is 1. The minimum Gasteiger partial charge on any atom is -0.468 e. The quantitative estimate of drug-likeness (QED) is 0.752. The highest BCUT2D eigenvalue weighted by Gasteiger charge is 2.11. The summed E-state index contributed by atoms with van der Waals surface area (Å²) >= 11 is 0. The van der Waals surface area contributed by atoms with Crippen LogP contribution in [-0.4, -0.2) is 31.2 Å². The maximum atomic E-state index is 11.4. The molecule has 1 heterocycles. The molecule has 1 aromatic heterocycles. The molecule has 0 N–H and O–H groups in total. The molecule has 0 amide bonds. The molecule has 0 aliphatic heterocycles. The number of rotatable bonds is 3. The van der Waals surface area contributed by atoms with E-state index >= 15 is 0 Å². The van der Waals surface area contributed by atoms with Crippen molar-refractivity contribution in [2.45, 2.75) is 0 Å². The second-order valence-electron chi connectivity index (χ2n) is 4.01. The molecule has 0 saturated carbocycles. The van der Waals surface area contributed by atoms with E-state index in [1.54, 1.807) is 37.2 Å². The first-order valence-electron chi connectivity index (χ1n) is 5.40. The van der Waals surface area contributed by atoms with Gasteiger partial charge in [0.15, 0.2) is 5.58 Å². The zero-order chi connectivity index (χ0) is 13.3. The first-order valence-corrected chi connectivity index (χ1v) is 5.40. The van der Waals surface area contributed by atoms with Gasteiger partial charge in [-0.2, -0.15) is 0 Å². The molecule has 0 aliphatic carbocycles. The Hall–Kier alpha value is -2.24. The summed E-state index contributed by atoms with van der Waals surface area (Å²) in [4.78, 5) is 24.3. The lowest BCUT2D eigenvalue weighted by Gasteiger charge is -2.17. The van der Waals surface area contributed by atoms with E-state index in [2.05, 4.69) is 4.74 Å². The molecule has 0 saturated heterocycles. The van der Waals surface area contributed by atoms with Gasteiger partial charge >= 0.3 is 11.7 Å². The second kappa shape index (κ2) is 4.56. The van der Waals surface area contributed by atoms with Crippen molar-refractivity contribution >= 4 is 22.8 Å². The third kappa shape index (κ3) is 2.09. The monoisotopic (exact) mass is 250 g/mol. The molecule has 96 valence electrons. The maximum Gasteiger partial charge on any atom is 0.419 e. The van der Waals surface area contributed by atoms with Gasteiger partial charge in [0, 0.05) is 19.8 Å². The molecule has 2 aromatic rings. The molecule has 6 heteroatoms. The fourth-order valence-corrected chi connectivity index (χ4v) is 1.70. The van der Waals surface area contributed by atoms with E-state index in [1.165, 1.54) is 11.7 Å². The van der Waals surface area contributed by atoms with E-state index in [9.17, 15) is 9.59 Å². The summed E-state index contributed by atoms with van der Waals surface area (Å²) in [5.74, 6) is -0.726. The summed E-state index contributed by atoms with van der Waals surface area (Å²) in [5, 5.41) is 0. The Balaban J connectivity index is 2.37. The van der Waals surface area contributed by atoms with Crippen LogP contribution in [0.3, 0.4) is 0 Å². The minimum atomic E-state index is -0.405. The lowest BCUT2D eigenvalue weighted by Crippen LogP contribution is -2.26. The van der Waals surface area contributed by atoms with E-state index < -0.39 is 5.76 Å². The van der Waals surface area contributed by atoms with Gasteiger partial charge in [0.2, 0.25) is 0 Å². The number of nitrogens with zero attached hydrogens (tertiary/aromatic N) is 2. The normalized spacial score (nSPS) is 10.6. The SMILES string of the molecule is COC(=O)CN(C)c1ccc2oc(=O)n(C)c2c1. The summed E-state index contributed by atoms with van der Waals surface area (Å²) in [7, 11) is 4.76. The molecule has 2 rings (SSSR count). The van der Waals surface area contributed by atoms with Crippen molar-refractivity contribution in [3.05, 3.63) is 28.7 Å². The van der Waals surface area contributed by atoms with Crippen LogP contribution in [0, 0.1) is 0 Å². The number of esters is 1. The number of methoxy groups -OCH3 is 1. The summed E-state index contributed by atoms with van der Waals surface area (Å²) in [5.41, 5.74) is 2.02. The molecule has 0 atom stereocenters. The number of aromatic nitrogens is 1. The van der Waals surface area contributed by atoms with Crippen molar-refractivity contribution in [1.82, 2.24) is 4.57 Å². The molecular formula is C12H14N2O4. The van der Waals surface area contributed by atoms with E-state index in [1.807, 2.05) is 0 Å². The van der Waals surface area contributed by atoms with Crippen LogP contribution >= 0.6 is 0 Å². The molecule has 0 fully saturated rings. The summed E-state index contributed by atoms with van der Waals surface area (Å²) in [6.07, 6.45) is 0. The van der Waals surface area contributed by atoms with Crippen molar-refractivity contribution in [2.75, 3.05) is 25.6 Å². The Morgan fingerprint density at radius 2 is 2.22 bits per heavy atom. The minimum absolute atomic E-state index is 0.147. The summed E-state index contributed by atoms with van der Waals surface area (Å²) < 4.78 is 11.1. The molecule has 0 aliphatic rings. The highest BCUT2D eigenvalue weighted by atomic mass is 16.5. The molecule has 0 unspecified atom stereocenters. The van der Waals surface area contributed by atoms with Crippen LogP contribution in [0.2, 0.25) is 0 Å². The number of carbonyl (C=O) groups excluding carboxylic acids is 1. The highest BCUT2D eigenvalue weighted by molar-refractivity contribution is 5.80. The number of hydrogen-bond acceptors (Lipinski definition) is 5. The number of anilines is 1. The summed E-state index contributed by atoms with van der Waals surface area (Å²) in [6.45, 7) is 0.147. The number of carbonyl (C=O) groups is 1. The molecule has 0 bridgehead atoms. The van der Waals surface area contributed by atoms with Crippen LogP contribution < -0.4 is 10.7 Å². The lowest BCUT2D eigenvalue weighted by molar-refractivity contribution is -0.138. The topological polar surface area (TPSA) is 64.7 Å². The average Bonchev–Trinajstić information content (AvgIpc) is 2.64. The molecule has 1 aromatic carbocycles. The Kier molecular flexibility index (Phi) is 3.10. The number of likely N-dealkylation sites (N-methyl/N-ethyl adjacent to an activating group) is 1. The Morgan fingerprint density at radius 1 is 1.50 bits per heavy atom. The van der Waals surface area contributed by atoms with E-state index in [0.29, 0.717) is 11.1 Å². The molecule has 0 radical (unpaired) electrons. The van der Waals surface area contributed by atoms with Gasteiger partial charge in [-0.25, -0.2) is 4.79 Å². The third-order valence-corrected chi connectivity index (χ3v) is 2.81. The van der Waals surface area contributed by atoms with Crippen molar-refractivity contribution in [3.63, 3.8) is 0 Å². The number of aryl methyl sites for hydroxylation is 1. The average molecular weight is 250 g/mol. The van der Waals surface area contributed by atoms with Gasteiger partial charge in [0.25, 0.3) is 0 Å². The van der Waals surface area contributed by atoms with E-state index in [4.69, 9.17) is 4.42 Å². The largest absolute Gasteiger partial charge is 0.468 e. The molecular weight excluding hydrogens is 236 g/mol. The third-order valence-electron chi connectivity index (χ3n) is 2.81. The maximum absolute atomic E-state index is 11.4. The van der Waals surface area contributed by atoms with Crippen LogP contribution in [0.15, 0.2) is 27.4 Å². The number of benzene rings is 1. The van der Waals surface area contributed by atoms with Gasteiger partial charge in [-0.15, -0.1) is 0 Å². The van der Waals surface area contributed by atoms with Crippen molar-refractivity contribution in [2.24, 2.45) is 7.05 Å². The van der Waals surface area contributed by atoms with Gasteiger partial charge in [-0.05, 0) is 18.2 Å².